The Morgan fingerprint density at radius 2 is 2.40 bits per heavy atom. The van der Waals surface area contributed by atoms with Gasteiger partial charge in [0.1, 0.15) is 0 Å². The van der Waals surface area contributed by atoms with Crippen LogP contribution in [0.5, 0.6) is 5.75 Å². The first-order valence-corrected chi connectivity index (χ1v) is 5.65. The number of ether oxygens (including phenoxy) is 1. The van der Waals surface area contributed by atoms with Crippen LogP contribution in [-0.2, 0) is 0 Å². The molecule has 1 aromatic rings. The quantitative estimate of drug-likeness (QED) is 0.804. The highest BCUT2D eigenvalue weighted by Gasteiger charge is 2.33. The van der Waals surface area contributed by atoms with Gasteiger partial charge < -0.3 is 10.1 Å². The van der Waals surface area contributed by atoms with Crippen LogP contribution in [0.3, 0.4) is 0 Å². The second kappa shape index (κ2) is 4.51. The van der Waals surface area contributed by atoms with Gasteiger partial charge in [-0.3, -0.25) is 0 Å². The lowest BCUT2D eigenvalue weighted by atomic mass is 10.4. The first-order valence-electron chi connectivity index (χ1n) is 5.65. The Morgan fingerprint density at radius 3 is 3.07 bits per heavy atom. The SMILES string of the molecule is CCCOc1cccnc1NC1CC1C. The van der Waals surface area contributed by atoms with Crippen LogP contribution in [0.15, 0.2) is 18.3 Å². The second-order valence-electron chi connectivity index (χ2n) is 4.16. The molecule has 0 saturated heterocycles. The predicted octanol–water partition coefficient (Wildman–Crippen LogP) is 2.69. The topological polar surface area (TPSA) is 34.1 Å². The maximum atomic E-state index is 5.63. The minimum Gasteiger partial charge on any atom is -0.490 e. The summed E-state index contributed by atoms with van der Waals surface area (Å²) in [4.78, 5) is 4.31. The minimum atomic E-state index is 0.587. The van der Waals surface area contributed by atoms with E-state index in [2.05, 4.69) is 24.1 Å². The van der Waals surface area contributed by atoms with Crippen molar-refractivity contribution < 1.29 is 4.74 Å². The van der Waals surface area contributed by atoms with Crippen molar-refractivity contribution in [1.82, 2.24) is 4.98 Å². The van der Waals surface area contributed by atoms with E-state index in [1.165, 1.54) is 6.42 Å². The molecule has 2 atom stereocenters. The molecule has 3 nitrogen and oxygen atoms in total. The molecule has 0 amide bonds. The number of hydrogen-bond donors (Lipinski definition) is 1. The molecule has 1 heterocycles. The fraction of sp³-hybridized carbons (Fsp3) is 0.583. The van der Waals surface area contributed by atoms with Crippen LogP contribution < -0.4 is 10.1 Å². The highest BCUT2D eigenvalue weighted by atomic mass is 16.5. The highest BCUT2D eigenvalue weighted by Crippen LogP contribution is 2.34. The van der Waals surface area contributed by atoms with E-state index in [1.54, 1.807) is 6.20 Å². The van der Waals surface area contributed by atoms with Gasteiger partial charge in [-0.05, 0) is 30.9 Å². The van der Waals surface area contributed by atoms with E-state index < -0.39 is 0 Å². The molecular weight excluding hydrogens is 188 g/mol. The molecule has 1 fully saturated rings. The molecule has 1 aromatic heterocycles. The van der Waals surface area contributed by atoms with Gasteiger partial charge >= 0.3 is 0 Å². The Kier molecular flexibility index (Phi) is 3.09. The predicted molar refractivity (Wildman–Crippen MR) is 61.2 cm³/mol. The van der Waals surface area contributed by atoms with Crippen molar-refractivity contribution >= 4 is 5.82 Å². The summed E-state index contributed by atoms with van der Waals surface area (Å²) in [7, 11) is 0. The lowest BCUT2D eigenvalue weighted by molar-refractivity contribution is 0.317. The maximum absolute atomic E-state index is 5.63. The summed E-state index contributed by atoms with van der Waals surface area (Å²) in [6, 6.07) is 4.47. The summed E-state index contributed by atoms with van der Waals surface area (Å²) in [6.45, 7) is 5.10. The summed E-state index contributed by atoms with van der Waals surface area (Å²) < 4.78 is 5.63. The standard InChI is InChI=1S/C12H18N2O/c1-3-7-15-11-5-4-6-13-12(11)14-10-8-9(10)2/h4-6,9-10H,3,7-8H2,1-2H3,(H,13,14). The second-order valence-corrected chi connectivity index (χ2v) is 4.16. The van der Waals surface area contributed by atoms with E-state index in [0.717, 1.165) is 30.5 Å². The van der Waals surface area contributed by atoms with Crippen LogP contribution in [0.4, 0.5) is 5.82 Å². The first-order chi connectivity index (χ1) is 7.31. The zero-order chi connectivity index (χ0) is 10.7. The van der Waals surface area contributed by atoms with Crippen molar-refractivity contribution in [2.75, 3.05) is 11.9 Å². The number of pyridine rings is 1. The Morgan fingerprint density at radius 1 is 1.60 bits per heavy atom. The van der Waals surface area contributed by atoms with E-state index in [0.29, 0.717) is 6.04 Å². The average molecular weight is 206 g/mol. The molecule has 0 aliphatic heterocycles. The van der Waals surface area contributed by atoms with Gasteiger partial charge in [-0.2, -0.15) is 0 Å². The van der Waals surface area contributed by atoms with E-state index in [-0.39, 0.29) is 0 Å². The lowest BCUT2D eigenvalue weighted by Gasteiger charge is -2.10. The zero-order valence-electron chi connectivity index (χ0n) is 9.36. The summed E-state index contributed by atoms with van der Waals surface area (Å²) in [5.41, 5.74) is 0. The number of aromatic nitrogens is 1. The Balaban J connectivity index is 2.00. The van der Waals surface area contributed by atoms with Gasteiger partial charge in [-0.25, -0.2) is 4.98 Å². The fourth-order valence-corrected chi connectivity index (χ4v) is 1.53. The van der Waals surface area contributed by atoms with Gasteiger partial charge in [0, 0.05) is 12.2 Å². The number of nitrogens with one attached hydrogen (secondary N) is 1. The van der Waals surface area contributed by atoms with Crippen LogP contribution in [0.2, 0.25) is 0 Å². The van der Waals surface area contributed by atoms with Crippen LogP contribution >= 0.6 is 0 Å². The number of hydrogen-bond acceptors (Lipinski definition) is 3. The third kappa shape index (κ3) is 2.61. The van der Waals surface area contributed by atoms with Crippen LogP contribution in [0, 0.1) is 5.92 Å². The number of nitrogens with zero attached hydrogens (tertiary/aromatic N) is 1. The van der Waals surface area contributed by atoms with Gasteiger partial charge in [0.15, 0.2) is 11.6 Å². The largest absolute Gasteiger partial charge is 0.490 e. The summed E-state index contributed by atoms with van der Waals surface area (Å²) >= 11 is 0. The molecule has 1 aliphatic carbocycles. The maximum Gasteiger partial charge on any atom is 0.168 e. The average Bonchev–Trinajstić information content (AvgIpc) is 2.93. The van der Waals surface area contributed by atoms with Crippen molar-refractivity contribution in [2.45, 2.75) is 32.7 Å². The van der Waals surface area contributed by atoms with Crippen molar-refractivity contribution in [3.63, 3.8) is 0 Å². The van der Waals surface area contributed by atoms with E-state index in [4.69, 9.17) is 4.74 Å². The highest BCUT2D eigenvalue weighted by molar-refractivity contribution is 5.51. The molecule has 1 N–H and O–H groups in total. The minimum absolute atomic E-state index is 0.587. The normalized spacial score (nSPS) is 23.6. The first kappa shape index (κ1) is 10.3. The molecule has 0 radical (unpaired) electrons. The van der Waals surface area contributed by atoms with Crippen LogP contribution in [0.25, 0.3) is 0 Å². The van der Waals surface area contributed by atoms with Crippen LogP contribution in [-0.4, -0.2) is 17.6 Å². The third-order valence-corrected chi connectivity index (χ3v) is 2.66. The molecule has 2 rings (SSSR count). The molecule has 0 spiro atoms. The van der Waals surface area contributed by atoms with Crippen molar-refractivity contribution in [3.8, 4) is 5.75 Å². The molecule has 1 aliphatic rings. The summed E-state index contributed by atoms with van der Waals surface area (Å²) in [5.74, 6) is 2.53. The van der Waals surface area contributed by atoms with Gasteiger partial charge in [0.05, 0.1) is 6.61 Å². The summed E-state index contributed by atoms with van der Waals surface area (Å²) in [5, 5.41) is 3.41. The van der Waals surface area contributed by atoms with Crippen LogP contribution in [0.1, 0.15) is 26.7 Å². The molecule has 2 unspecified atom stereocenters. The number of anilines is 1. The monoisotopic (exact) mass is 206 g/mol. The lowest BCUT2D eigenvalue weighted by Crippen LogP contribution is -2.08. The molecule has 1 saturated carbocycles. The molecule has 0 aromatic carbocycles. The van der Waals surface area contributed by atoms with Gasteiger partial charge in [0.2, 0.25) is 0 Å². The molecule has 0 bridgehead atoms. The Hall–Kier alpha value is -1.25. The van der Waals surface area contributed by atoms with Gasteiger partial charge in [0.25, 0.3) is 0 Å². The summed E-state index contributed by atoms with van der Waals surface area (Å²) in [6.07, 6.45) is 4.06. The fourth-order valence-electron chi connectivity index (χ4n) is 1.53. The Labute approximate surface area is 90.9 Å². The number of rotatable bonds is 5. The molecule has 15 heavy (non-hydrogen) atoms. The Bertz CT molecular complexity index is 327. The van der Waals surface area contributed by atoms with E-state index >= 15 is 0 Å². The van der Waals surface area contributed by atoms with Gasteiger partial charge in [-0.15, -0.1) is 0 Å². The van der Waals surface area contributed by atoms with Crippen molar-refractivity contribution in [2.24, 2.45) is 5.92 Å². The molecule has 3 heteroatoms. The zero-order valence-corrected chi connectivity index (χ0v) is 9.36. The third-order valence-electron chi connectivity index (χ3n) is 2.66. The van der Waals surface area contributed by atoms with Crippen molar-refractivity contribution in [1.29, 1.82) is 0 Å². The van der Waals surface area contributed by atoms with E-state index in [9.17, 15) is 0 Å². The van der Waals surface area contributed by atoms with Gasteiger partial charge in [-0.1, -0.05) is 13.8 Å². The smallest absolute Gasteiger partial charge is 0.168 e. The van der Waals surface area contributed by atoms with Crippen molar-refractivity contribution in [3.05, 3.63) is 18.3 Å². The van der Waals surface area contributed by atoms with E-state index in [1.807, 2.05) is 12.1 Å². The molecule has 82 valence electrons. The molecular formula is C12H18N2O.